The Hall–Kier alpha value is -1.51. The minimum atomic E-state index is 0. The van der Waals surface area contributed by atoms with Gasteiger partial charge in [-0.15, -0.1) is 0 Å². The third kappa shape index (κ3) is 2.29. The molecule has 11 heavy (non-hydrogen) atoms. The van der Waals surface area contributed by atoms with Gasteiger partial charge in [-0.1, -0.05) is 18.2 Å². The molecule has 0 aromatic heterocycles. The Kier molecular flexibility index (Phi) is 2.49. The Morgan fingerprint density at radius 1 is 1.45 bits per heavy atom. The molecule has 0 spiro atoms. The van der Waals surface area contributed by atoms with Crippen LogP contribution in [0.25, 0.3) is 0 Å². The van der Waals surface area contributed by atoms with Crippen molar-refractivity contribution in [1.82, 2.24) is 0 Å². The molecule has 0 amide bonds. The van der Waals surface area contributed by atoms with Crippen molar-refractivity contribution < 1.29 is 1.43 Å². The molecule has 0 unspecified atom stereocenters. The summed E-state index contributed by atoms with van der Waals surface area (Å²) in [5.41, 5.74) is 6.40. The zero-order valence-electron chi connectivity index (χ0n) is 6.41. The summed E-state index contributed by atoms with van der Waals surface area (Å²) in [5, 5.41) is 2.92. The quantitative estimate of drug-likeness (QED) is 0.469. The summed E-state index contributed by atoms with van der Waals surface area (Å²) < 4.78 is 0. The van der Waals surface area contributed by atoms with Crippen LogP contribution in [0.2, 0.25) is 0 Å². The van der Waals surface area contributed by atoms with Gasteiger partial charge in [0, 0.05) is 14.2 Å². The summed E-state index contributed by atoms with van der Waals surface area (Å²) in [7, 11) is 1.64. The Morgan fingerprint density at radius 3 is 2.64 bits per heavy atom. The third-order valence-electron chi connectivity index (χ3n) is 1.29. The Bertz CT molecular complexity index is 246. The van der Waals surface area contributed by atoms with E-state index in [1.54, 1.807) is 7.05 Å². The number of guanidine groups is 1. The number of rotatable bonds is 1. The van der Waals surface area contributed by atoms with E-state index in [4.69, 9.17) is 5.73 Å². The maximum absolute atomic E-state index is 5.44. The van der Waals surface area contributed by atoms with Crippen molar-refractivity contribution in [3.8, 4) is 0 Å². The molecule has 0 radical (unpaired) electrons. The highest BCUT2D eigenvalue weighted by Gasteiger charge is 1.89. The minimum absolute atomic E-state index is 0. The lowest BCUT2D eigenvalue weighted by molar-refractivity contribution is 1.38. The van der Waals surface area contributed by atoms with E-state index < -0.39 is 0 Å². The van der Waals surface area contributed by atoms with Gasteiger partial charge in [-0.2, -0.15) is 0 Å². The number of hydrogen-bond acceptors (Lipinski definition) is 1. The molecule has 0 aliphatic rings. The van der Waals surface area contributed by atoms with Crippen LogP contribution in [0.15, 0.2) is 35.3 Å². The second-order valence-corrected chi connectivity index (χ2v) is 2.10. The van der Waals surface area contributed by atoms with Gasteiger partial charge >= 0.3 is 0 Å². The lowest BCUT2D eigenvalue weighted by atomic mass is 10.3. The van der Waals surface area contributed by atoms with Gasteiger partial charge in [0.1, 0.15) is 0 Å². The second kappa shape index (κ2) is 3.61. The molecule has 0 bridgehead atoms. The van der Waals surface area contributed by atoms with Crippen LogP contribution in [0.3, 0.4) is 0 Å². The fourth-order valence-electron chi connectivity index (χ4n) is 0.725. The Morgan fingerprint density at radius 2 is 2.09 bits per heavy atom. The van der Waals surface area contributed by atoms with Crippen molar-refractivity contribution in [2.75, 3.05) is 12.4 Å². The Balaban J connectivity index is 0.00000121. The average Bonchev–Trinajstić information content (AvgIpc) is 2.06. The molecule has 0 heterocycles. The number of aliphatic imine (C=N–C) groups is 1. The van der Waals surface area contributed by atoms with Crippen LogP contribution in [0.4, 0.5) is 5.69 Å². The fourth-order valence-corrected chi connectivity index (χ4v) is 0.725. The zero-order valence-corrected chi connectivity index (χ0v) is 6.41. The van der Waals surface area contributed by atoms with Crippen molar-refractivity contribution in [2.45, 2.75) is 0 Å². The van der Waals surface area contributed by atoms with Gasteiger partial charge in [0.05, 0.1) is 0 Å². The molecular weight excluding hydrogens is 138 g/mol. The van der Waals surface area contributed by atoms with Crippen LogP contribution in [-0.2, 0) is 0 Å². The Labute approximate surface area is 67.4 Å². The molecule has 0 saturated carbocycles. The van der Waals surface area contributed by atoms with Gasteiger partial charge in [-0.25, -0.2) is 0 Å². The maximum atomic E-state index is 5.44. The monoisotopic (exact) mass is 151 g/mol. The molecule has 1 aromatic rings. The molecule has 3 nitrogen and oxygen atoms in total. The summed E-state index contributed by atoms with van der Waals surface area (Å²) in [6, 6.07) is 9.68. The predicted octanol–water partition coefficient (Wildman–Crippen LogP) is 1.29. The first-order chi connectivity index (χ1) is 5.33. The van der Waals surface area contributed by atoms with Gasteiger partial charge < -0.3 is 11.1 Å². The number of hydrogen-bond donors (Lipinski definition) is 2. The van der Waals surface area contributed by atoms with Crippen LogP contribution in [0, 0.1) is 0 Å². The summed E-state index contributed by atoms with van der Waals surface area (Å²) >= 11 is 0. The topological polar surface area (TPSA) is 50.4 Å². The average molecular weight is 151 g/mol. The van der Waals surface area contributed by atoms with E-state index in [1.807, 2.05) is 30.3 Å². The number of nitrogens with two attached hydrogens (primary N) is 1. The molecule has 0 aliphatic carbocycles. The maximum Gasteiger partial charge on any atom is 0.192 e. The first-order valence-electron chi connectivity index (χ1n) is 3.37. The van der Waals surface area contributed by atoms with Crippen molar-refractivity contribution in [2.24, 2.45) is 10.7 Å². The summed E-state index contributed by atoms with van der Waals surface area (Å²) in [4.78, 5) is 3.77. The number of para-hydroxylation sites is 1. The molecular formula is C8H13N3. The van der Waals surface area contributed by atoms with Crippen LogP contribution < -0.4 is 11.1 Å². The molecule has 0 fully saturated rings. The normalized spacial score (nSPS) is 11.2. The highest BCUT2D eigenvalue weighted by atomic mass is 15.1. The SMILES string of the molecule is CN=C(N)Nc1ccccc1.[HH]. The van der Waals surface area contributed by atoms with Crippen molar-refractivity contribution in [1.29, 1.82) is 0 Å². The standard InChI is InChI=1S/C8H11N3.H2/c1-10-8(9)11-7-5-3-2-4-6-7;/h2-6H,1H3,(H3,9,10,11);1H. The zero-order chi connectivity index (χ0) is 8.10. The van der Waals surface area contributed by atoms with E-state index in [1.165, 1.54) is 0 Å². The van der Waals surface area contributed by atoms with Crippen molar-refractivity contribution >= 4 is 11.6 Å². The molecule has 1 aromatic carbocycles. The first kappa shape index (κ1) is 7.60. The van der Waals surface area contributed by atoms with E-state index in [0.717, 1.165) is 5.69 Å². The molecule has 1 rings (SSSR count). The van der Waals surface area contributed by atoms with E-state index in [2.05, 4.69) is 10.3 Å². The lowest BCUT2D eigenvalue weighted by Gasteiger charge is -2.02. The van der Waals surface area contributed by atoms with Crippen molar-refractivity contribution in [3.63, 3.8) is 0 Å². The van der Waals surface area contributed by atoms with Crippen LogP contribution in [-0.4, -0.2) is 13.0 Å². The number of nitrogens with zero attached hydrogens (tertiary/aromatic N) is 1. The summed E-state index contributed by atoms with van der Waals surface area (Å²) in [5.74, 6) is 0.427. The number of anilines is 1. The minimum Gasteiger partial charge on any atom is -0.370 e. The first-order valence-corrected chi connectivity index (χ1v) is 3.37. The third-order valence-corrected chi connectivity index (χ3v) is 1.29. The smallest absolute Gasteiger partial charge is 0.192 e. The number of nitrogens with one attached hydrogen (secondary N) is 1. The van der Waals surface area contributed by atoms with Gasteiger partial charge in [0.25, 0.3) is 0 Å². The molecule has 0 aliphatic heterocycles. The van der Waals surface area contributed by atoms with E-state index in [0.29, 0.717) is 5.96 Å². The lowest BCUT2D eigenvalue weighted by Crippen LogP contribution is -2.21. The van der Waals surface area contributed by atoms with Gasteiger partial charge in [-0.3, -0.25) is 4.99 Å². The molecule has 60 valence electrons. The second-order valence-electron chi connectivity index (χ2n) is 2.10. The summed E-state index contributed by atoms with van der Waals surface area (Å²) in [6.07, 6.45) is 0. The molecule has 0 saturated heterocycles. The predicted molar refractivity (Wildman–Crippen MR) is 49.7 cm³/mol. The van der Waals surface area contributed by atoms with Crippen LogP contribution in [0.5, 0.6) is 0 Å². The van der Waals surface area contributed by atoms with Crippen molar-refractivity contribution in [3.05, 3.63) is 30.3 Å². The largest absolute Gasteiger partial charge is 0.370 e. The van der Waals surface area contributed by atoms with E-state index in [9.17, 15) is 0 Å². The molecule has 3 heteroatoms. The van der Waals surface area contributed by atoms with Gasteiger partial charge in [-0.05, 0) is 12.1 Å². The molecule has 0 atom stereocenters. The van der Waals surface area contributed by atoms with E-state index >= 15 is 0 Å². The van der Waals surface area contributed by atoms with Crippen LogP contribution in [0.1, 0.15) is 1.43 Å². The van der Waals surface area contributed by atoms with Gasteiger partial charge in [0.2, 0.25) is 0 Å². The highest BCUT2D eigenvalue weighted by molar-refractivity contribution is 5.91. The van der Waals surface area contributed by atoms with E-state index in [-0.39, 0.29) is 1.43 Å². The van der Waals surface area contributed by atoms with Crippen LogP contribution >= 0.6 is 0 Å². The summed E-state index contributed by atoms with van der Waals surface area (Å²) in [6.45, 7) is 0. The van der Waals surface area contributed by atoms with Gasteiger partial charge in [0.15, 0.2) is 5.96 Å². The highest BCUT2D eigenvalue weighted by Crippen LogP contribution is 2.03. The fraction of sp³-hybridized carbons (Fsp3) is 0.125. The molecule has 3 N–H and O–H groups in total. The number of benzene rings is 1.